The van der Waals surface area contributed by atoms with E-state index in [4.69, 9.17) is 4.74 Å². The summed E-state index contributed by atoms with van der Waals surface area (Å²) in [5, 5.41) is 4.18. The van der Waals surface area contributed by atoms with Crippen LogP contribution in [-0.4, -0.2) is 38.9 Å². The molecule has 0 aromatic carbocycles. The largest absolute Gasteiger partial charge is 0.472 e. The normalized spacial score (nSPS) is 17.0. The molecule has 112 valence electrons. The van der Waals surface area contributed by atoms with Gasteiger partial charge in [0.25, 0.3) is 5.88 Å². The first kappa shape index (κ1) is 14.0. The van der Waals surface area contributed by atoms with E-state index in [1.165, 1.54) is 11.8 Å². The first-order valence-electron chi connectivity index (χ1n) is 7.19. The molecule has 21 heavy (non-hydrogen) atoms. The fourth-order valence-corrected chi connectivity index (χ4v) is 2.59. The molecule has 1 aliphatic rings. The molecule has 0 aliphatic carbocycles. The highest BCUT2D eigenvalue weighted by Crippen LogP contribution is 2.20. The predicted octanol–water partition coefficient (Wildman–Crippen LogP) is 2.00. The maximum atomic E-state index is 13.5. The van der Waals surface area contributed by atoms with E-state index in [0.717, 1.165) is 32.5 Å². The fourth-order valence-electron chi connectivity index (χ4n) is 2.59. The Morgan fingerprint density at radius 2 is 2.10 bits per heavy atom. The smallest absolute Gasteiger partial charge is 0.250 e. The van der Waals surface area contributed by atoms with Crippen molar-refractivity contribution in [2.75, 3.05) is 13.1 Å². The Morgan fingerprint density at radius 1 is 1.29 bits per heavy atom. The maximum absolute atomic E-state index is 13.5. The second-order valence-corrected chi connectivity index (χ2v) is 5.33. The minimum absolute atomic E-state index is 0.0391. The summed E-state index contributed by atoms with van der Waals surface area (Å²) >= 11 is 0. The third-order valence-corrected chi connectivity index (χ3v) is 3.85. The number of aromatic nitrogens is 3. The molecule has 6 heteroatoms. The van der Waals surface area contributed by atoms with E-state index in [-0.39, 0.29) is 12.0 Å². The Morgan fingerprint density at radius 3 is 2.76 bits per heavy atom. The molecule has 0 N–H and O–H groups in total. The van der Waals surface area contributed by atoms with E-state index in [0.29, 0.717) is 0 Å². The molecular formula is C15H19FN4O. The molecule has 2 aromatic rings. The zero-order valence-corrected chi connectivity index (χ0v) is 12.1. The van der Waals surface area contributed by atoms with Crippen molar-refractivity contribution in [3.05, 3.63) is 42.1 Å². The average Bonchev–Trinajstić information content (AvgIpc) is 2.89. The lowest BCUT2D eigenvalue weighted by molar-refractivity contribution is 0.0884. The van der Waals surface area contributed by atoms with Gasteiger partial charge in [-0.05, 0) is 31.0 Å². The van der Waals surface area contributed by atoms with Crippen LogP contribution in [0.15, 0.2) is 30.6 Å². The molecule has 1 saturated heterocycles. The maximum Gasteiger partial charge on any atom is 0.250 e. The van der Waals surface area contributed by atoms with Crippen molar-refractivity contribution in [1.29, 1.82) is 0 Å². The van der Waals surface area contributed by atoms with Gasteiger partial charge < -0.3 is 4.74 Å². The van der Waals surface area contributed by atoms with E-state index in [1.807, 2.05) is 24.0 Å². The van der Waals surface area contributed by atoms with Crippen LogP contribution < -0.4 is 4.74 Å². The molecule has 0 spiro atoms. The number of likely N-dealkylation sites (tertiary alicyclic amines) is 1. The molecule has 0 atom stereocenters. The third-order valence-electron chi connectivity index (χ3n) is 3.85. The fraction of sp³-hybridized carbons (Fsp3) is 0.467. The lowest BCUT2D eigenvalue weighted by Gasteiger charge is -2.31. The highest BCUT2D eigenvalue weighted by molar-refractivity contribution is 5.13. The van der Waals surface area contributed by atoms with Gasteiger partial charge in [0.1, 0.15) is 6.10 Å². The number of piperidine rings is 1. The monoisotopic (exact) mass is 290 g/mol. The molecule has 3 heterocycles. The van der Waals surface area contributed by atoms with Crippen LogP contribution in [0.5, 0.6) is 5.88 Å². The molecule has 0 bridgehead atoms. The number of ether oxygens (including phenoxy) is 1. The van der Waals surface area contributed by atoms with E-state index >= 15 is 0 Å². The molecule has 5 nitrogen and oxygen atoms in total. The van der Waals surface area contributed by atoms with Crippen molar-refractivity contribution in [2.45, 2.75) is 25.5 Å². The number of aryl methyl sites for hydroxylation is 1. The lowest BCUT2D eigenvalue weighted by atomic mass is 10.1. The van der Waals surface area contributed by atoms with Gasteiger partial charge in [-0.3, -0.25) is 9.58 Å². The van der Waals surface area contributed by atoms with Gasteiger partial charge in [0.15, 0.2) is 5.82 Å². The minimum Gasteiger partial charge on any atom is -0.472 e. The zero-order chi connectivity index (χ0) is 14.7. The van der Waals surface area contributed by atoms with Crippen LogP contribution >= 0.6 is 0 Å². The highest BCUT2D eigenvalue weighted by Gasteiger charge is 2.22. The van der Waals surface area contributed by atoms with Gasteiger partial charge in [0.2, 0.25) is 0 Å². The van der Waals surface area contributed by atoms with Crippen LogP contribution in [0.4, 0.5) is 4.39 Å². The van der Waals surface area contributed by atoms with Gasteiger partial charge in [0, 0.05) is 39.1 Å². The van der Waals surface area contributed by atoms with Gasteiger partial charge in [0.05, 0.1) is 5.69 Å². The Kier molecular flexibility index (Phi) is 4.15. The lowest BCUT2D eigenvalue weighted by Crippen LogP contribution is -2.38. The van der Waals surface area contributed by atoms with Gasteiger partial charge in [-0.2, -0.15) is 5.10 Å². The molecule has 2 aromatic heterocycles. The number of hydrogen-bond acceptors (Lipinski definition) is 4. The molecule has 0 unspecified atom stereocenters. The van der Waals surface area contributed by atoms with E-state index in [1.54, 1.807) is 12.3 Å². The summed E-state index contributed by atoms with van der Waals surface area (Å²) in [4.78, 5) is 6.31. The van der Waals surface area contributed by atoms with Gasteiger partial charge >= 0.3 is 0 Å². The van der Waals surface area contributed by atoms with Gasteiger partial charge in [-0.25, -0.2) is 9.37 Å². The number of halogens is 1. The van der Waals surface area contributed by atoms with Crippen molar-refractivity contribution in [2.24, 2.45) is 7.05 Å². The highest BCUT2D eigenvalue weighted by atomic mass is 19.1. The summed E-state index contributed by atoms with van der Waals surface area (Å²) in [6.45, 7) is 2.76. The molecule has 0 radical (unpaired) electrons. The zero-order valence-electron chi connectivity index (χ0n) is 12.1. The van der Waals surface area contributed by atoms with E-state index in [2.05, 4.69) is 15.0 Å². The Hall–Kier alpha value is -1.95. The Bertz CT molecular complexity index is 593. The average molecular weight is 290 g/mol. The standard InChI is InChI=1S/C15H19FN4O/c1-19-12(4-8-18-19)11-20-9-5-13(6-10-20)21-15-14(16)3-2-7-17-15/h2-4,7-8,13H,5-6,9-11H2,1H3. The summed E-state index contributed by atoms with van der Waals surface area (Å²) in [5.74, 6) is -0.280. The topological polar surface area (TPSA) is 43.2 Å². The van der Waals surface area contributed by atoms with Crippen LogP contribution in [0.3, 0.4) is 0 Å². The van der Waals surface area contributed by atoms with Crippen LogP contribution in [0.2, 0.25) is 0 Å². The first-order valence-corrected chi connectivity index (χ1v) is 7.19. The molecule has 0 saturated carbocycles. The van der Waals surface area contributed by atoms with Crippen molar-refractivity contribution in [1.82, 2.24) is 19.7 Å². The second-order valence-electron chi connectivity index (χ2n) is 5.33. The third kappa shape index (κ3) is 3.39. The summed E-state index contributed by atoms with van der Waals surface area (Å²) in [6, 6.07) is 4.98. The van der Waals surface area contributed by atoms with Crippen molar-refractivity contribution in [3.63, 3.8) is 0 Å². The number of rotatable bonds is 4. The quantitative estimate of drug-likeness (QED) is 0.864. The number of nitrogens with zero attached hydrogens (tertiary/aromatic N) is 4. The van der Waals surface area contributed by atoms with Crippen LogP contribution in [0, 0.1) is 5.82 Å². The van der Waals surface area contributed by atoms with Crippen molar-refractivity contribution >= 4 is 0 Å². The molecule has 3 rings (SSSR count). The molecule has 1 fully saturated rings. The first-order chi connectivity index (χ1) is 10.2. The predicted molar refractivity (Wildman–Crippen MR) is 76.3 cm³/mol. The molecular weight excluding hydrogens is 271 g/mol. The van der Waals surface area contributed by atoms with Crippen molar-refractivity contribution in [3.8, 4) is 5.88 Å². The number of hydrogen-bond donors (Lipinski definition) is 0. The van der Waals surface area contributed by atoms with Gasteiger partial charge in [-0.15, -0.1) is 0 Å². The Labute approximate surface area is 123 Å². The number of pyridine rings is 1. The van der Waals surface area contributed by atoms with E-state index < -0.39 is 5.82 Å². The van der Waals surface area contributed by atoms with Gasteiger partial charge in [-0.1, -0.05) is 0 Å². The van der Waals surface area contributed by atoms with Crippen LogP contribution in [0.1, 0.15) is 18.5 Å². The summed E-state index contributed by atoms with van der Waals surface area (Å²) in [6.07, 6.45) is 5.17. The minimum atomic E-state index is -0.394. The summed E-state index contributed by atoms with van der Waals surface area (Å²) < 4.78 is 21.1. The van der Waals surface area contributed by atoms with E-state index in [9.17, 15) is 4.39 Å². The summed E-state index contributed by atoms with van der Waals surface area (Å²) in [5.41, 5.74) is 1.20. The molecule has 0 amide bonds. The van der Waals surface area contributed by atoms with Crippen LogP contribution in [0.25, 0.3) is 0 Å². The second kappa shape index (κ2) is 6.22. The summed E-state index contributed by atoms with van der Waals surface area (Å²) in [7, 11) is 1.95. The SMILES string of the molecule is Cn1nccc1CN1CCC(Oc2ncccc2F)CC1. The van der Waals surface area contributed by atoms with Crippen molar-refractivity contribution < 1.29 is 9.13 Å². The van der Waals surface area contributed by atoms with Crippen LogP contribution in [-0.2, 0) is 13.6 Å². The Balaban J connectivity index is 1.51. The molecule has 1 aliphatic heterocycles.